The Morgan fingerprint density at radius 3 is 2.27 bits per heavy atom. The van der Waals surface area contributed by atoms with Crippen molar-refractivity contribution in [2.75, 3.05) is 7.11 Å². The van der Waals surface area contributed by atoms with E-state index in [0.717, 1.165) is 32.5 Å². The molecule has 116 valence electrons. The molecular formula is C18H19BrO3. The summed E-state index contributed by atoms with van der Waals surface area (Å²) in [5, 5.41) is 0. The van der Waals surface area contributed by atoms with E-state index in [0.29, 0.717) is 12.2 Å². The van der Waals surface area contributed by atoms with Crippen molar-refractivity contribution < 1.29 is 14.3 Å². The van der Waals surface area contributed by atoms with Crippen LogP contribution in [0.5, 0.6) is 5.75 Å². The van der Waals surface area contributed by atoms with Crippen LogP contribution in [0.1, 0.15) is 32.6 Å². The SMILES string of the molecule is COC(=O)c1c(C)c(C)c(OCc2ccccc2)c(C)c1Br. The number of hydrogen-bond donors (Lipinski definition) is 0. The van der Waals surface area contributed by atoms with Crippen molar-refractivity contribution in [1.29, 1.82) is 0 Å². The third-order valence-corrected chi connectivity index (χ3v) is 4.77. The van der Waals surface area contributed by atoms with Gasteiger partial charge in [-0.05, 0) is 53.4 Å². The van der Waals surface area contributed by atoms with Crippen LogP contribution >= 0.6 is 15.9 Å². The number of methoxy groups -OCH3 is 1. The van der Waals surface area contributed by atoms with Crippen molar-refractivity contribution in [2.24, 2.45) is 0 Å². The summed E-state index contributed by atoms with van der Waals surface area (Å²) in [5.41, 5.74) is 4.39. The first-order valence-corrected chi connectivity index (χ1v) is 7.81. The maximum Gasteiger partial charge on any atom is 0.339 e. The second kappa shape index (κ2) is 6.97. The van der Waals surface area contributed by atoms with Gasteiger partial charge in [0.25, 0.3) is 0 Å². The molecule has 4 heteroatoms. The summed E-state index contributed by atoms with van der Waals surface area (Å²) < 4.78 is 11.6. The molecule has 2 aromatic rings. The average molecular weight is 363 g/mol. The number of esters is 1. The fourth-order valence-corrected chi connectivity index (χ4v) is 3.02. The fourth-order valence-electron chi connectivity index (χ4n) is 2.38. The van der Waals surface area contributed by atoms with E-state index in [9.17, 15) is 4.79 Å². The maximum atomic E-state index is 12.0. The molecule has 0 aliphatic rings. The van der Waals surface area contributed by atoms with Crippen LogP contribution in [0, 0.1) is 20.8 Å². The number of rotatable bonds is 4. The topological polar surface area (TPSA) is 35.5 Å². The van der Waals surface area contributed by atoms with E-state index < -0.39 is 0 Å². The molecular weight excluding hydrogens is 344 g/mol. The highest BCUT2D eigenvalue weighted by molar-refractivity contribution is 9.10. The minimum atomic E-state index is -0.342. The number of carbonyl (C=O) groups is 1. The molecule has 0 saturated heterocycles. The van der Waals surface area contributed by atoms with Gasteiger partial charge in [-0.25, -0.2) is 4.79 Å². The minimum absolute atomic E-state index is 0.342. The molecule has 22 heavy (non-hydrogen) atoms. The summed E-state index contributed by atoms with van der Waals surface area (Å²) in [4.78, 5) is 12.0. The van der Waals surface area contributed by atoms with Crippen LogP contribution in [0.3, 0.4) is 0 Å². The summed E-state index contributed by atoms with van der Waals surface area (Å²) in [7, 11) is 1.39. The molecule has 0 bridgehead atoms. The highest BCUT2D eigenvalue weighted by Gasteiger charge is 2.22. The normalized spacial score (nSPS) is 10.4. The van der Waals surface area contributed by atoms with E-state index in [4.69, 9.17) is 9.47 Å². The Balaban J connectivity index is 2.39. The molecule has 0 saturated carbocycles. The van der Waals surface area contributed by atoms with E-state index in [1.54, 1.807) is 0 Å². The standard InChI is InChI=1S/C18H19BrO3/c1-11-12(2)17(22-10-14-8-6-5-7-9-14)13(3)16(19)15(11)18(20)21-4/h5-9H,10H2,1-4H3. The highest BCUT2D eigenvalue weighted by atomic mass is 79.9. The van der Waals surface area contributed by atoms with Gasteiger partial charge in [-0.15, -0.1) is 0 Å². The van der Waals surface area contributed by atoms with E-state index >= 15 is 0 Å². The first kappa shape index (κ1) is 16.6. The van der Waals surface area contributed by atoms with Gasteiger partial charge in [0.05, 0.1) is 12.7 Å². The number of halogens is 1. The number of carbonyl (C=O) groups excluding carboxylic acids is 1. The molecule has 3 nitrogen and oxygen atoms in total. The quantitative estimate of drug-likeness (QED) is 0.736. The van der Waals surface area contributed by atoms with Gasteiger partial charge in [0.15, 0.2) is 0 Å². The molecule has 0 heterocycles. The van der Waals surface area contributed by atoms with Gasteiger partial charge >= 0.3 is 5.97 Å². The Kier molecular flexibility index (Phi) is 5.24. The summed E-state index contributed by atoms with van der Waals surface area (Å²) >= 11 is 3.50. The fraction of sp³-hybridized carbons (Fsp3) is 0.278. The maximum absolute atomic E-state index is 12.0. The van der Waals surface area contributed by atoms with Gasteiger partial charge in [0.1, 0.15) is 12.4 Å². The second-order valence-corrected chi connectivity index (χ2v) is 5.95. The predicted octanol–water partition coefficient (Wildman–Crippen LogP) is 4.74. The monoisotopic (exact) mass is 362 g/mol. The zero-order valence-corrected chi connectivity index (χ0v) is 14.8. The smallest absolute Gasteiger partial charge is 0.339 e. The van der Waals surface area contributed by atoms with Gasteiger partial charge in [-0.3, -0.25) is 0 Å². The zero-order chi connectivity index (χ0) is 16.3. The minimum Gasteiger partial charge on any atom is -0.488 e. The molecule has 0 unspecified atom stereocenters. The largest absolute Gasteiger partial charge is 0.488 e. The second-order valence-electron chi connectivity index (χ2n) is 5.16. The summed E-state index contributed by atoms with van der Waals surface area (Å²) in [5.74, 6) is 0.464. The average Bonchev–Trinajstić information content (AvgIpc) is 2.54. The zero-order valence-electron chi connectivity index (χ0n) is 13.2. The van der Waals surface area contributed by atoms with Crippen LogP contribution in [0.15, 0.2) is 34.8 Å². The molecule has 0 aliphatic heterocycles. The Bertz CT molecular complexity index is 664. The van der Waals surface area contributed by atoms with Crippen LogP contribution in [-0.4, -0.2) is 13.1 Å². The van der Waals surface area contributed by atoms with Crippen LogP contribution in [0.4, 0.5) is 0 Å². The molecule has 2 aromatic carbocycles. The third kappa shape index (κ3) is 3.17. The van der Waals surface area contributed by atoms with Crippen LogP contribution in [0.2, 0.25) is 0 Å². The van der Waals surface area contributed by atoms with E-state index in [2.05, 4.69) is 15.9 Å². The predicted molar refractivity (Wildman–Crippen MR) is 90.5 cm³/mol. The van der Waals surface area contributed by atoms with E-state index in [1.165, 1.54) is 7.11 Å². The van der Waals surface area contributed by atoms with Gasteiger partial charge in [0, 0.05) is 10.0 Å². The summed E-state index contributed by atoms with van der Waals surface area (Å²) in [6, 6.07) is 10.00. The molecule has 0 aliphatic carbocycles. The van der Waals surface area contributed by atoms with Gasteiger partial charge in [0.2, 0.25) is 0 Å². The van der Waals surface area contributed by atoms with E-state index in [-0.39, 0.29) is 5.97 Å². The Morgan fingerprint density at radius 1 is 1.05 bits per heavy atom. The number of benzene rings is 2. The molecule has 0 radical (unpaired) electrons. The molecule has 0 fully saturated rings. The van der Waals surface area contributed by atoms with Gasteiger partial charge < -0.3 is 9.47 Å². The summed E-state index contributed by atoms with van der Waals surface area (Å²) in [6.07, 6.45) is 0. The van der Waals surface area contributed by atoms with Crippen LogP contribution in [0.25, 0.3) is 0 Å². The molecule has 0 aromatic heterocycles. The summed E-state index contributed by atoms with van der Waals surface area (Å²) in [6.45, 7) is 6.29. The van der Waals surface area contributed by atoms with Crippen molar-refractivity contribution in [3.63, 3.8) is 0 Å². The molecule has 0 spiro atoms. The number of ether oxygens (including phenoxy) is 2. The van der Waals surface area contributed by atoms with E-state index in [1.807, 2.05) is 51.1 Å². The molecule has 0 N–H and O–H groups in total. The molecule has 2 rings (SSSR count). The van der Waals surface area contributed by atoms with Crippen molar-refractivity contribution in [2.45, 2.75) is 27.4 Å². The lowest BCUT2D eigenvalue weighted by Crippen LogP contribution is -2.10. The Hall–Kier alpha value is -1.81. The van der Waals surface area contributed by atoms with Crippen molar-refractivity contribution in [1.82, 2.24) is 0 Å². The third-order valence-electron chi connectivity index (χ3n) is 3.78. The highest BCUT2D eigenvalue weighted by Crippen LogP contribution is 2.37. The van der Waals surface area contributed by atoms with Gasteiger partial charge in [-0.1, -0.05) is 30.3 Å². The first-order chi connectivity index (χ1) is 10.5. The van der Waals surface area contributed by atoms with Crippen molar-refractivity contribution in [3.05, 3.63) is 62.6 Å². The lowest BCUT2D eigenvalue weighted by Gasteiger charge is -2.19. The van der Waals surface area contributed by atoms with Crippen molar-refractivity contribution in [3.8, 4) is 5.75 Å². The van der Waals surface area contributed by atoms with Crippen LogP contribution in [-0.2, 0) is 11.3 Å². The lowest BCUT2D eigenvalue weighted by atomic mass is 9.98. The number of hydrogen-bond acceptors (Lipinski definition) is 3. The molecule has 0 amide bonds. The Morgan fingerprint density at radius 2 is 1.68 bits per heavy atom. The van der Waals surface area contributed by atoms with Crippen molar-refractivity contribution >= 4 is 21.9 Å². The van der Waals surface area contributed by atoms with Gasteiger partial charge in [-0.2, -0.15) is 0 Å². The van der Waals surface area contributed by atoms with Crippen LogP contribution < -0.4 is 4.74 Å². The molecule has 0 atom stereocenters. The Labute approximate surface area is 139 Å². The lowest BCUT2D eigenvalue weighted by molar-refractivity contribution is 0.0598. The first-order valence-electron chi connectivity index (χ1n) is 7.01.